The topological polar surface area (TPSA) is 58.2 Å². The normalized spacial score (nSPS) is 14.0. The first-order chi connectivity index (χ1) is 8.46. The van der Waals surface area contributed by atoms with Gasteiger partial charge in [0, 0.05) is 11.4 Å². The van der Waals surface area contributed by atoms with E-state index in [2.05, 4.69) is 10.0 Å². The van der Waals surface area contributed by atoms with Gasteiger partial charge in [0.1, 0.15) is 0 Å². The van der Waals surface area contributed by atoms with Crippen LogP contribution in [0.4, 0.5) is 0 Å². The van der Waals surface area contributed by atoms with E-state index in [4.69, 9.17) is 0 Å². The van der Waals surface area contributed by atoms with E-state index < -0.39 is 10.0 Å². The summed E-state index contributed by atoms with van der Waals surface area (Å²) in [6, 6.07) is 3.79. The highest BCUT2D eigenvalue weighted by molar-refractivity contribution is 7.89. The van der Waals surface area contributed by atoms with Crippen LogP contribution < -0.4 is 10.0 Å². The summed E-state index contributed by atoms with van der Waals surface area (Å²) in [7, 11) is -3.23. The molecule has 0 aliphatic heterocycles. The zero-order valence-electron chi connectivity index (χ0n) is 11.1. The Hall–Kier alpha value is -0.430. The first-order valence-electron chi connectivity index (χ1n) is 6.20. The first kappa shape index (κ1) is 15.6. The molecule has 0 fully saturated rings. The van der Waals surface area contributed by atoms with Crippen molar-refractivity contribution in [1.29, 1.82) is 0 Å². The Labute approximate surface area is 114 Å². The van der Waals surface area contributed by atoms with Gasteiger partial charge in [-0.1, -0.05) is 26.8 Å². The lowest BCUT2D eigenvalue weighted by atomic mass is 10.0. The molecular weight excluding hydrogens is 268 g/mol. The Morgan fingerprint density at radius 1 is 1.39 bits per heavy atom. The summed E-state index contributed by atoms with van der Waals surface area (Å²) in [5.74, 6) is 0.354. The molecule has 1 aromatic heterocycles. The van der Waals surface area contributed by atoms with Gasteiger partial charge in [0.25, 0.3) is 0 Å². The molecule has 0 spiro atoms. The Kier molecular flexibility index (Phi) is 6.28. The van der Waals surface area contributed by atoms with Gasteiger partial charge >= 0.3 is 0 Å². The molecular formula is C12H22N2O2S2. The second kappa shape index (κ2) is 7.23. The molecule has 0 radical (unpaired) electrons. The van der Waals surface area contributed by atoms with Crippen LogP contribution in [0.25, 0.3) is 0 Å². The van der Waals surface area contributed by atoms with E-state index in [9.17, 15) is 8.42 Å². The summed E-state index contributed by atoms with van der Waals surface area (Å²) < 4.78 is 26.7. The van der Waals surface area contributed by atoms with Gasteiger partial charge in [-0.15, -0.1) is 11.3 Å². The summed E-state index contributed by atoms with van der Waals surface area (Å²) in [6.45, 7) is 7.28. The van der Waals surface area contributed by atoms with Crippen LogP contribution in [0, 0.1) is 5.92 Å². The number of nitrogens with one attached hydrogen (secondary N) is 2. The Morgan fingerprint density at radius 3 is 2.61 bits per heavy atom. The van der Waals surface area contributed by atoms with Crippen molar-refractivity contribution in [2.75, 3.05) is 18.8 Å². The molecule has 1 rings (SSSR count). The van der Waals surface area contributed by atoms with Crippen LogP contribution >= 0.6 is 11.3 Å². The lowest BCUT2D eigenvalue weighted by Crippen LogP contribution is -2.36. The number of thiophene rings is 1. The molecule has 6 heteroatoms. The highest BCUT2D eigenvalue weighted by Gasteiger charge is 2.22. The van der Waals surface area contributed by atoms with Crippen molar-refractivity contribution in [1.82, 2.24) is 10.0 Å². The van der Waals surface area contributed by atoms with Crippen LogP contribution in [0.5, 0.6) is 0 Å². The van der Waals surface area contributed by atoms with E-state index in [0.717, 1.165) is 11.4 Å². The molecule has 4 nitrogen and oxygen atoms in total. The monoisotopic (exact) mass is 290 g/mol. The van der Waals surface area contributed by atoms with Crippen LogP contribution in [-0.2, 0) is 10.0 Å². The second-order valence-electron chi connectivity index (χ2n) is 4.53. The second-order valence-corrected chi connectivity index (χ2v) is 7.38. The molecule has 2 N–H and O–H groups in total. The molecule has 1 heterocycles. The quantitative estimate of drug-likeness (QED) is 0.720. The third-order valence-electron chi connectivity index (χ3n) is 2.62. The highest BCUT2D eigenvalue weighted by Crippen LogP contribution is 2.26. The fourth-order valence-corrected chi connectivity index (χ4v) is 3.97. The highest BCUT2D eigenvalue weighted by atomic mass is 32.2. The van der Waals surface area contributed by atoms with Crippen molar-refractivity contribution >= 4 is 21.4 Å². The van der Waals surface area contributed by atoms with Gasteiger partial charge in [-0.3, -0.25) is 0 Å². The average Bonchev–Trinajstić information content (AvgIpc) is 2.79. The maximum atomic E-state index is 12.0. The van der Waals surface area contributed by atoms with Gasteiger partial charge in [-0.2, -0.15) is 0 Å². The fourth-order valence-electron chi connectivity index (χ4n) is 1.63. The number of sulfonamides is 1. The van der Waals surface area contributed by atoms with E-state index in [-0.39, 0.29) is 17.7 Å². The molecule has 0 saturated heterocycles. The minimum Gasteiger partial charge on any atom is -0.316 e. The third kappa shape index (κ3) is 5.06. The molecule has 0 bridgehead atoms. The fraction of sp³-hybridized carbons (Fsp3) is 0.667. The minimum atomic E-state index is -3.23. The molecule has 1 aromatic rings. The van der Waals surface area contributed by atoms with Crippen LogP contribution in [-0.4, -0.2) is 27.3 Å². The molecule has 18 heavy (non-hydrogen) atoms. The molecule has 104 valence electrons. The summed E-state index contributed by atoms with van der Waals surface area (Å²) >= 11 is 1.59. The SMILES string of the molecule is CCNCCS(=O)(=O)NC(c1cccs1)C(C)C. The number of hydrogen-bond donors (Lipinski definition) is 2. The van der Waals surface area contributed by atoms with Crippen molar-refractivity contribution in [2.24, 2.45) is 5.92 Å². The van der Waals surface area contributed by atoms with Gasteiger partial charge < -0.3 is 5.32 Å². The van der Waals surface area contributed by atoms with E-state index in [1.54, 1.807) is 11.3 Å². The molecule has 1 unspecified atom stereocenters. The van der Waals surface area contributed by atoms with E-state index in [1.165, 1.54) is 0 Å². The molecule has 0 aliphatic rings. The largest absolute Gasteiger partial charge is 0.316 e. The van der Waals surface area contributed by atoms with Gasteiger partial charge in [0.15, 0.2) is 0 Å². The zero-order chi connectivity index (χ0) is 13.6. The maximum Gasteiger partial charge on any atom is 0.213 e. The molecule has 0 saturated carbocycles. The van der Waals surface area contributed by atoms with E-state index in [1.807, 2.05) is 38.3 Å². The van der Waals surface area contributed by atoms with Crippen LogP contribution in [0.3, 0.4) is 0 Å². The van der Waals surface area contributed by atoms with Crippen LogP contribution in [0.1, 0.15) is 31.7 Å². The predicted octanol–water partition coefficient (Wildman–Crippen LogP) is 1.97. The smallest absolute Gasteiger partial charge is 0.213 e. The van der Waals surface area contributed by atoms with Gasteiger partial charge in [-0.05, 0) is 23.9 Å². The maximum absolute atomic E-state index is 12.0. The van der Waals surface area contributed by atoms with Crippen molar-refractivity contribution in [2.45, 2.75) is 26.8 Å². The summed E-state index contributed by atoms with van der Waals surface area (Å²) in [4.78, 5) is 1.07. The summed E-state index contributed by atoms with van der Waals surface area (Å²) in [5.41, 5.74) is 0. The van der Waals surface area contributed by atoms with Crippen molar-refractivity contribution in [3.8, 4) is 0 Å². The van der Waals surface area contributed by atoms with Crippen molar-refractivity contribution in [3.05, 3.63) is 22.4 Å². The molecule has 0 amide bonds. The van der Waals surface area contributed by atoms with E-state index >= 15 is 0 Å². The van der Waals surface area contributed by atoms with Gasteiger partial charge in [0.2, 0.25) is 10.0 Å². The van der Waals surface area contributed by atoms with Crippen LogP contribution in [0.2, 0.25) is 0 Å². The standard InChI is InChI=1S/C12H22N2O2S2/c1-4-13-7-9-18(15,16)14-12(10(2)3)11-6-5-8-17-11/h5-6,8,10,12-14H,4,7,9H2,1-3H3. The number of rotatable bonds is 8. The molecule has 1 atom stereocenters. The molecule has 0 aromatic carbocycles. The summed E-state index contributed by atoms with van der Waals surface area (Å²) in [6.07, 6.45) is 0. The predicted molar refractivity (Wildman–Crippen MR) is 77.4 cm³/mol. The molecule has 0 aliphatic carbocycles. The third-order valence-corrected chi connectivity index (χ3v) is 4.93. The first-order valence-corrected chi connectivity index (χ1v) is 8.73. The van der Waals surface area contributed by atoms with Crippen LogP contribution in [0.15, 0.2) is 17.5 Å². The lowest BCUT2D eigenvalue weighted by Gasteiger charge is -2.21. The minimum absolute atomic E-state index is 0.120. The van der Waals surface area contributed by atoms with Crippen molar-refractivity contribution in [3.63, 3.8) is 0 Å². The van der Waals surface area contributed by atoms with Crippen molar-refractivity contribution < 1.29 is 8.42 Å². The van der Waals surface area contributed by atoms with Gasteiger partial charge in [-0.25, -0.2) is 13.1 Å². The average molecular weight is 290 g/mol. The lowest BCUT2D eigenvalue weighted by molar-refractivity contribution is 0.468. The Bertz CT molecular complexity index is 427. The Balaban J connectivity index is 2.67. The summed E-state index contributed by atoms with van der Waals surface area (Å²) in [5, 5.41) is 4.99. The zero-order valence-corrected chi connectivity index (χ0v) is 12.8. The Morgan fingerprint density at radius 2 is 2.11 bits per heavy atom. The van der Waals surface area contributed by atoms with E-state index in [0.29, 0.717) is 6.54 Å². The number of hydrogen-bond acceptors (Lipinski definition) is 4. The van der Waals surface area contributed by atoms with Gasteiger partial charge in [0.05, 0.1) is 11.8 Å².